The van der Waals surface area contributed by atoms with Gasteiger partial charge in [0.15, 0.2) is 5.16 Å². The topological polar surface area (TPSA) is 68.5 Å². The fourth-order valence-electron chi connectivity index (χ4n) is 2.48. The Morgan fingerprint density at radius 3 is 2.74 bits per heavy atom. The number of hydrogen-bond donors (Lipinski definition) is 1. The molecule has 140 valence electrons. The van der Waals surface area contributed by atoms with Crippen LogP contribution in [0.4, 0.5) is 0 Å². The number of fused-ring (bicyclic) bond motifs is 1. The second-order valence-electron chi connectivity index (χ2n) is 5.84. The van der Waals surface area contributed by atoms with Crippen LogP contribution in [0.15, 0.2) is 57.2 Å². The standard InChI is InChI=1S/C19H19BrN4O2S/c1-12(13-4-6-14(20)7-5-13)22-23-18(25)11-27-19-21-16-10-15(26-3)8-9-17(16)24(19)2/h4-10H,11H2,1-3H3,(H,23,25)/b22-12+. The van der Waals surface area contributed by atoms with Crippen LogP contribution in [0.1, 0.15) is 12.5 Å². The molecule has 0 aliphatic carbocycles. The number of rotatable bonds is 6. The van der Waals surface area contributed by atoms with E-state index in [0.717, 1.165) is 37.7 Å². The van der Waals surface area contributed by atoms with E-state index in [9.17, 15) is 4.79 Å². The fourth-order valence-corrected chi connectivity index (χ4v) is 3.52. The molecule has 27 heavy (non-hydrogen) atoms. The lowest BCUT2D eigenvalue weighted by Gasteiger charge is -2.04. The van der Waals surface area contributed by atoms with E-state index in [2.05, 4.69) is 31.4 Å². The van der Waals surface area contributed by atoms with Gasteiger partial charge in [0.05, 0.1) is 29.6 Å². The Morgan fingerprint density at radius 1 is 1.30 bits per heavy atom. The number of hydrogen-bond acceptors (Lipinski definition) is 5. The third kappa shape index (κ3) is 4.70. The lowest BCUT2D eigenvalue weighted by atomic mass is 10.1. The molecule has 1 amide bonds. The van der Waals surface area contributed by atoms with Crippen LogP contribution in [0, 0.1) is 0 Å². The lowest BCUT2D eigenvalue weighted by molar-refractivity contribution is -0.118. The molecule has 0 atom stereocenters. The number of aromatic nitrogens is 2. The van der Waals surface area contributed by atoms with E-state index in [0.29, 0.717) is 0 Å². The Bertz CT molecular complexity index is 999. The summed E-state index contributed by atoms with van der Waals surface area (Å²) in [5, 5.41) is 4.93. The van der Waals surface area contributed by atoms with Gasteiger partial charge in [0.25, 0.3) is 5.91 Å². The van der Waals surface area contributed by atoms with Gasteiger partial charge in [-0.3, -0.25) is 4.79 Å². The quantitative estimate of drug-likeness (QED) is 0.353. The van der Waals surface area contributed by atoms with Crippen LogP contribution in [-0.2, 0) is 11.8 Å². The van der Waals surface area contributed by atoms with E-state index in [4.69, 9.17) is 4.74 Å². The molecule has 3 aromatic rings. The van der Waals surface area contributed by atoms with Gasteiger partial charge >= 0.3 is 0 Å². The van der Waals surface area contributed by atoms with Gasteiger partial charge in [0.2, 0.25) is 0 Å². The summed E-state index contributed by atoms with van der Waals surface area (Å²) in [6.45, 7) is 1.86. The Labute approximate surface area is 170 Å². The number of imidazole rings is 1. The lowest BCUT2D eigenvalue weighted by Crippen LogP contribution is -2.21. The molecule has 3 rings (SSSR count). The number of benzene rings is 2. The Morgan fingerprint density at radius 2 is 2.04 bits per heavy atom. The van der Waals surface area contributed by atoms with Crippen LogP contribution in [0.2, 0.25) is 0 Å². The number of amides is 1. The Balaban J connectivity index is 1.62. The monoisotopic (exact) mass is 446 g/mol. The first-order valence-electron chi connectivity index (χ1n) is 8.20. The van der Waals surface area contributed by atoms with Crippen molar-refractivity contribution in [3.63, 3.8) is 0 Å². The van der Waals surface area contributed by atoms with E-state index in [1.54, 1.807) is 7.11 Å². The summed E-state index contributed by atoms with van der Waals surface area (Å²) in [4.78, 5) is 16.7. The van der Waals surface area contributed by atoms with Crippen LogP contribution in [0.25, 0.3) is 11.0 Å². The molecule has 0 spiro atoms. The highest BCUT2D eigenvalue weighted by atomic mass is 79.9. The van der Waals surface area contributed by atoms with Crippen molar-refractivity contribution in [2.24, 2.45) is 12.1 Å². The molecule has 0 saturated carbocycles. The van der Waals surface area contributed by atoms with Crippen molar-refractivity contribution in [3.05, 3.63) is 52.5 Å². The number of ether oxygens (including phenoxy) is 1. The summed E-state index contributed by atoms with van der Waals surface area (Å²) in [5.41, 5.74) is 6.12. The predicted molar refractivity (Wildman–Crippen MR) is 112 cm³/mol. The molecule has 0 aliphatic rings. The third-order valence-corrected chi connectivity index (χ3v) is 5.55. The highest BCUT2D eigenvalue weighted by molar-refractivity contribution is 9.10. The number of carbonyl (C=O) groups excluding carboxylic acids is 1. The van der Waals surface area contributed by atoms with Crippen LogP contribution in [0.5, 0.6) is 5.75 Å². The van der Waals surface area contributed by atoms with Crippen LogP contribution >= 0.6 is 27.7 Å². The molecular weight excluding hydrogens is 428 g/mol. The van der Waals surface area contributed by atoms with Crippen LogP contribution in [0.3, 0.4) is 0 Å². The SMILES string of the molecule is COc1ccc2c(c1)nc(SCC(=O)N/N=C(\C)c1ccc(Br)cc1)n2C. The molecule has 6 nitrogen and oxygen atoms in total. The summed E-state index contributed by atoms with van der Waals surface area (Å²) in [6.07, 6.45) is 0. The first kappa shape index (κ1) is 19.4. The second kappa shape index (κ2) is 8.58. The van der Waals surface area contributed by atoms with E-state index in [1.165, 1.54) is 11.8 Å². The van der Waals surface area contributed by atoms with E-state index >= 15 is 0 Å². The van der Waals surface area contributed by atoms with Gasteiger partial charge in [-0.1, -0.05) is 39.8 Å². The van der Waals surface area contributed by atoms with Crippen molar-refractivity contribution in [2.45, 2.75) is 12.1 Å². The molecule has 0 bridgehead atoms. The first-order chi connectivity index (χ1) is 13.0. The van der Waals surface area contributed by atoms with Gasteiger partial charge < -0.3 is 9.30 Å². The molecule has 1 heterocycles. The Kier molecular flexibility index (Phi) is 6.18. The number of methoxy groups -OCH3 is 1. The molecule has 0 saturated heterocycles. The molecule has 1 N–H and O–H groups in total. The zero-order chi connectivity index (χ0) is 19.4. The summed E-state index contributed by atoms with van der Waals surface area (Å²) in [6, 6.07) is 13.5. The number of carbonyl (C=O) groups is 1. The summed E-state index contributed by atoms with van der Waals surface area (Å²) >= 11 is 4.77. The van der Waals surface area contributed by atoms with E-state index in [-0.39, 0.29) is 11.7 Å². The molecule has 1 aromatic heterocycles. The zero-order valence-electron chi connectivity index (χ0n) is 15.2. The largest absolute Gasteiger partial charge is 0.497 e. The number of nitrogens with zero attached hydrogens (tertiary/aromatic N) is 3. The van der Waals surface area contributed by atoms with Gasteiger partial charge in [-0.2, -0.15) is 5.10 Å². The first-order valence-corrected chi connectivity index (χ1v) is 9.98. The third-order valence-electron chi connectivity index (χ3n) is 3.99. The second-order valence-corrected chi connectivity index (χ2v) is 7.69. The van der Waals surface area contributed by atoms with Crippen molar-refractivity contribution in [2.75, 3.05) is 12.9 Å². The van der Waals surface area contributed by atoms with Crippen molar-refractivity contribution in [3.8, 4) is 5.75 Å². The highest BCUT2D eigenvalue weighted by Gasteiger charge is 2.11. The number of aryl methyl sites for hydroxylation is 1. The zero-order valence-corrected chi connectivity index (χ0v) is 17.6. The minimum Gasteiger partial charge on any atom is -0.497 e. The van der Waals surface area contributed by atoms with E-state index in [1.807, 2.05) is 61.0 Å². The van der Waals surface area contributed by atoms with Gasteiger partial charge in [-0.05, 0) is 36.8 Å². The maximum absolute atomic E-state index is 12.1. The average Bonchev–Trinajstić information content (AvgIpc) is 3.00. The molecular formula is C19H19BrN4O2S. The summed E-state index contributed by atoms with van der Waals surface area (Å²) < 4.78 is 8.19. The number of halogens is 1. The van der Waals surface area contributed by atoms with Crippen molar-refractivity contribution in [1.29, 1.82) is 0 Å². The van der Waals surface area contributed by atoms with Gasteiger partial charge in [0, 0.05) is 17.6 Å². The molecule has 0 fully saturated rings. The highest BCUT2D eigenvalue weighted by Crippen LogP contribution is 2.25. The number of nitrogens with one attached hydrogen (secondary N) is 1. The summed E-state index contributed by atoms with van der Waals surface area (Å²) in [7, 11) is 3.55. The number of hydrazone groups is 1. The molecule has 0 radical (unpaired) electrons. The maximum atomic E-state index is 12.1. The minimum absolute atomic E-state index is 0.180. The smallest absolute Gasteiger partial charge is 0.250 e. The average molecular weight is 447 g/mol. The fraction of sp³-hybridized carbons (Fsp3) is 0.211. The van der Waals surface area contributed by atoms with Crippen molar-refractivity contribution in [1.82, 2.24) is 15.0 Å². The van der Waals surface area contributed by atoms with Crippen LogP contribution < -0.4 is 10.2 Å². The van der Waals surface area contributed by atoms with Gasteiger partial charge in [0.1, 0.15) is 5.75 Å². The molecule has 0 unspecified atom stereocenters. The van der Waals surface area contributed by atoms with Gasteiger partial charge in [-0.15, -0.1) is 0 Å². The molecule has 0 aliphatic heterocycles. The van der Waals surface area contributed by atoms with Gasteiger partial charge in [-0.25, -0.2) is 10.4 Å². The number of thioether (sulfide) groups is 1. The minimum atomic E-state index is -0.180. The normalized spacial score (nSPS) is 11.6. The van der Waals surface area contributed by atoms with Crippen molar-refractivity contribution < 1.29 is 9.53 Å². The maximum Gasteiger partial charge on any atom is 0.250 e. The molecule has 2 aromatic carbocycles. The molecule has 8 heteroatoms. The van der Waals surface area contributed by atoms with Crippen molar-refractivity contribution >= 4 is 50.3 Å². The van der Waals surface area contributed by atoms with Crippen LogP contribution in [-0.4, -0.2) is 34.0 Å². The summed E-state index contributed by atoms with van der Waals surface area (Å²) in [5.74, 6) is 0.805. The Hall–Kier alpha value is -2.32. The van der Waals surface area contributed by atoms with E-state index < -0.39 is 0 Å². The predicted octanol–water partition coefficient (Wildman–Crippen LogP) is 3.98.